The fourth-order valence-corrected chi connectivity index (χ4v) is 0.838. The van der Waals surface area contributed by atoms with Crippen molar-refractivity contribution >= 4 is 0 Å². The highest BCUT2D eigenvalue weighted by Crippen LogP contribution is 1.95. The molecule has 3 nitrogen and oxygen atoms in total. The minimum atomic E-state index is -0.413. The van der Waals surface area contributed by atoms with Crippen molar-refractivity contribution in [2.24, 2.45) is 0 Å². The summed E-state index contributed by atoms with van der Waals surface area (Å²) in [7, 11) is 1.90. The van der Waals surface area contributed by atoms with Crippen molar-refractivity contribution in [3.63, 3.8) is 0 Å². The number of aliphatic hydroxyl groups excluding tert-OH is 1. The second-order valence-electron chi connectivity index (χ2n) is 2.16. The van der Waals surface area contributed by atoms with Crippen LogP contribution in [0.3, 0.4) is 0 Å². The van der Waals surface area contributed by atoms with Crippen LogP contribution in [0.15, 0.2) is 0 Å². The molecule has 1 aliphatic rings. The van der Waals surface area contributed by atoms with Gasteiger partial charge in [0.25, 0.3) is 0 Å². The summed E-state index contributed by atoms with van der Waals surface area (Å²) in [6.45, 7) is 1.93. The van der Waals surface area contributed by atoms with E-state index in [-0.39, 0.29) is 0 Å². The monoisotopic (exact) mass is 116 g/mol. The van der Waals surface area contributed by atoms with Gasteiger partial charge in [-0.3, -0.25) is 10.2 Å². The first-order valence-electron chi connectivity index (χ1n) is 2.92. The summed E-state index contributed by atoms with van der Waals surface area (Å²) in [5.41, 5.74) is 0. The van der Waals surface area contributed by atoms with E-state index < -0.39 is 6.35 Å². The van der Waals surface area contributed by atoms with Crippen molar-refractivity contribution in [3.05, 3.63) is 0 Å². The van der Waals surface area contributed by atoms with Crippen LogP contribution >= 0.6 is 0 Å². The zero-order chi connectivity index (χ0) is 5.98. The van der Waals surface area contributed by atoms with E-state index in [1.807, 2.05) is 11.9 Å². The van der Waals surface area contributed by atoms with Gasteiger partial charge in [0, 0.05) is 6.54 Å². The molecule has 2 N–H and O–H groups in total. The molecule has 1 atom stereocenters. The van der Waals surface area contributed by atoms with Crippen LogP contribution < -0.4 is 5.32 Å². The van der Waals surface area contributed by atoms with Crippen LogP contribution in [-0.4, -0.2) is 36.5 Å². The Morgan fingerprint density at radius 3 is 2.88 bits per heavy atom. The van der Waals surface area contributed by atoms with Gasteiger partial charge in [-0.1, -0.05) is 0 Å². The molecule has 0 spiro atoms. The maximum Gasteiger partial charge on any atom is 0.162 e. The fourth-order valence-electron chi connectivity index (χ4n) is 0.838. The van der Waals surface area contributed by atoms with Crippen molar-refractivity contribution in [2.75, 3.05) is 20.1 Å². The molecule has 0 aromatic carbocycles. The third-order valence-corrected chi connectivity index (χ3v) is 1.43. The SMILES string of the molecule is CN1CCCNC1O. The van der Waals surface area contributed by atoms with Crippen molar-refractivity contribution in [1.29, 1.82) is 0 Å². The third kappa shape index (κ3) is 1.18. The fraction of sp³-hybridized carbons (Fsp3) is 1.00. The van der Waals surface area contributed by atoms with Crippen LogP contribution in [0.4, 0.5) is 0 Å². The largest absolute Gasteiger partial charge is 0.365 e. The van der Waals surface area contributed by atoms with Gasteiger partial charge in [-0.2, -0.15) is 0 Å². The molecule has 1 aliphatic heterocycles. The second kappa shape index (κ2) is 2.44. The quantitative estimate of drug-likeness (QED) is 0.434. The Morgan fingerprint density at radius 2 is 2.50 bits per heavy atom. The zero-order valence-electron chi connectivity index (χ0n) is 5.09. The van der Waals surface area contributed by atoms with Gasteiger partial charge < -0.3 is 5.11 Å². The molecule has 1 saturated heterocycles. The van der Waals surface area contributed by atoms with Crippen molar-refractivity contribution in [3.8, 4) is 0 Å². The molecule has 0 aromatic rings. The first-order valence-corrected chi connectivity index (χ1v) is 2.92. The van der Waals surface area contributed by atoms with Crippen LogP contribution in [0, 0.1) is 0 Å². The molecular formula is C5H12N2O. The number of aliphatic hydroxyl groups is 1. The van der Waals surface area contributed by atoms with Crippen LogP contribution in [0.5, 0.6) is 0 Å². The van der Waals surface area contributed by atoms with E-state index in [0.29, 0.717) is 0 Å². The average molecular weight is 116 g/mol. The van der Waals surface area contributed by atoms with Crippen molar-refractivity contribution in [1.82, 2.24) is 10.2 Å². The molecule has 8 heavy (non-hydrogen) atoms. The third-order valence-electron chi connectivity index (χ3n) is 1.43. The lowest BCUT2D eigenvalue weighted by Crippen LogP contribution is -2.48. The predicted molar refractivity (Wildman–Crippen MR) is 31.3 cm³/mol. The van der Waals surface area contributed by atoms with Crippen LogP contribution in [0.1, 0.15) is 6.42 Å². The summed E-state index contributed by atoms with van der Waals surface area (Å²) in [5, 5.41) is 11.9. The van der Waals surface area contributed by atoms with Crippen LogP contribution in [0.25, 0.3) is 0 Å². The molecular weight excluding hydrogens is 104 g/mol. The van der Waals surface area contributed by atoms with E-state index in [2.05, 4.69) is 5.32 Å². The molecule has 3 heteroatoms. The highest BCUT2D eigenvalue weighted by molar-refractivity contribution is 4.62. The van der Waals surface area contributed by atoms with Crippen LogP contribution in [0.2, 0.25) is 0 Å². The molecule has 1 unspecified atom stereocenters. The average Bonchev–Trinajstić information content (AvgIpc) is 1.77. The van der Waals surface area contributed by atoms with Gasteiger partial charge in [0.05, 0.1) is 0 Å². The van der Waals surface area contributed by atoms with Crippen molar-refractivity contribution < 1.29 is 5.11 Å². The van der Waals surface area contributed by atoms with Gasteiger partial charge in [0.15, 0.2) is 6.35 Å². The summed E-state index contributed by atoms with van der Waals surface area (Å²) < 4.78 is 0. The van der Waals surface area contributed by atoms with Gasteiger partial charge in [0.1, 0.15) is 0 Å². The first-order chi connectivity index (χ1) is 3.80. The highest BCUT2D eigenvalue weighted by atomic mass is 16.3. The minimum absolute atomic E-state index is 0.413. The molecule has 0 aromatic heterocycles. The summed E-state index contributed by atoms with van der Waals surface area (Å²) in [4.78, 5) is 1.88. The smallest absolute Gasteiger partial charge is 0.162 e. The molecule has 0 bridgehead atoms. The molecule has 1 rings (SSSR count). The van der Waals surface area contributed by atoms with Crippen molar-refractivity contribution in [2.45, 2.75) is 12.8 Å². The maximum atomic E-state index is 8.99. The van der Waals surface area contributed by atoms with Gasteiger partial charge >= 0.3 is 0 Å². The Morgan fingerprint density at radius 1 is 1.75 bits per heavy atom. The number of hydrogen-bond acceptors (Lipinski definition) is 3. The summed E-state index contributed by atoms with van der Waals surface area (Å²) in [6.07, 6.45) is 0.719. The van der Waals surface area contributed by atoms with E-state index in [4.69, 9.17) is 5.11 Å². The van der Waals surface area contributed by atoms with Gasteiger partial charge in [-0.25, -0.2) is 0 Å². The molecule has 0 amide bonds. The van der Waals surface area contributed by atoms with E-state index in [0.717, 1.165) is 19.5 Å². The van der Waals surface area contributed by atoms with E-state index in [1.165, 1.54) is 0 Å². The minimum Gasteiger partial charge on any atom is -0.365 e. The van der Waals surface area contributed by atoms with E-state index in [1.54, 1.807) is 0 Å². The topological polar surface area (TPSA) is 35.5 Å². The second-order valence-corrected chi connectivity index (χ2v) is 2.16. The number of rotatable bonds is 0. The maximum absolute atomic E-state index is 8.99. The standard InChI is InChI=1S/C5H12N2O/c1-7-4-2-3-6-5(7)8/h5-6,8H,2-4H2,1H3. The Kier molecular flexibility index (Phi) is 1.83. The van der Waals surface area contributed by atoms with Gasteiger partial charge in [-0.05, 0) is 20.0 Å². The van der Waals surface area contributed by atoms with E-state index in [9.17, 15) is 0 Å². The van der Waals surface area contributed by atoms with Crippen LogP contribution in [-0.2, 0) is 0 Å². The lowest BCUT2D eigenvalue weighted by atomic mass is 10.3. The molecule has 1 fully saturated rings. The summed E-state index contributed by atoms with van der Waals surface area (Å²) in [5.74, 6) is 0. The molecule has 0 saturated carbocycles. The normalized spacial score (nSPS) is 33.0. The molecule has 0 radical (unpaired) electrons. The predicted octanol–water partition coefficient (Wildman–Crippen LogP) is -0.813. The Balaban J connectivity index is 2.28. The lowest BCUT2D eigenvalue weighted by molar-refractivity contribution is -0.0241. The zero-order valence-corrected chi connectivity index (χ0v) is 5.09. The number of nitrogens with zero attached hydrogens (tertiary/aromatic N) is 1. The number of nitrogens with one attached hydrogen (secondary N) is 1. The molecule has 1 heterocycles. The highest BCUT2D eigenvalue weighted by Gasteiger charge is 2.13. The Labute approximate surface area is 49.3 Å². The summed E-state index contributed by atoms with van der Waals surface area (Å²) >= 11 is 0. The van der Waals surface area contributed by atoms with Gasteiger partial charge in [0.2, 0.25) is 0 Å². The summed E-state index contributed by atoms with van der Waals surface area (Å²) in [6, 6.07) is 0. The van der Waals surface area contributed by atoms with E-state index >= 15 is 0 Å². The Hall–Kier alpha value is -0.120. The van der Waals surface area contributed by atoms with Gasteiger partial charge in [-0.15, -0.1) is 0 Å². The molecule has 0 aliphatic carbocycles. The molecule has 48 valence electrons. The number of hydrogen-bond donors (Lipinski definition) is 2. The first kappa shape index (κ1) is 6.01. The lowest BCUT2D eigenvalue weighted by Gasteiger charge is -2.28. The Bertz CT molecular complexity index is 66.8.